The van der Waals surface area contributed by atoms with E-state index in [0.717, 1.165) is 55.5 Å². The number of nitrogens with one attached hydrogen (secondary N) is 3. The molecule has 1 amide bonds. The number of anilines is 1. The maximum atomic E-state index is 12.9. The summed E-state index contributed by atoms with van der Waals surface area (Å²) in [5.74, 6) is 1.99. The van der Waals surface area contributed by atoms with Crippen molar-refractivity contribution < 1.29 is 14.3 Å². The minimum absolute atomic E-state index is 0.0524. The minimum atomic E-state index is -0.264. The van der Waals surface area contributed by atoms with Crippen LogP contribution >= 0.6 is 0 Å². The molecule has 0 spiro atoms. The number of carbonyl (C=O) groups excluding carboxylic acids is 2. The molecule has 2 aliphatic carbocycles. The zero-order valence-corrected chi connectivity index (χ0v) is 19.9. The van der Waals surface area contributed by atoms with Crippen LogP contribution in [0.3, 0.4) is 0 Å². The summed E-state index contributed by atoms with van der Waals surface area (Å²) in [5, 5.41) is 6.65. The van der Waals surface area contributed by atoms with Crippen molar-refractivity contribution in [2.24, 2.45) is 11.8 Å². The molecule has 2 atom stereocenters. The minimum Gasteiger partial charge on any atom is -0.493 e. The summed E-state index contributed by atoms with van der Waals surface area (Å²) in [6.45, 7) is 6.27. The van der Waals surface area contributed by atoms with Gasteiger partial charge in [-0.1, -0.05) is 26.3 Å². The van der Waals surface area contributed by atoms with Crippen molar-refractivity contribution in [1.29, 1.82) is 0 Å². The fourth-order valence-electron chi connectivity index (χ4n) is 5.35. The van der Waals surface area contributed by atoms with Gasteiger partial charge in [0.15, 0.2) is 5.78 Å². The Hall–Kier alpha value is -2.60. The van der Waals surface area contributed by atoms with E-state index in [1.807, 2.05) is 24.3 Å². The molecule has 2 aliphatic rings. The molecule has 0 radical (unpaired) electrons. The van der Waals surface area contributed by atoms with Gasteiger partial charge >= 0.3 is 0 Å². The first-order valence-corrected chi connectivity index (χ1v) is 12.5. The van der Waals surface area contributed by atoms with Gasteiger partial charge < -0.3 is 20.4 Å². The zero-order valence-electron chi connectivity index (χ0n) is 19.9. The Morgan fingerprint density at radius 1 is 1.12 bits per heavy atom. The lowest BCUT2D eigenvalue weighted by atomic mass is 9.79. The van der Waals surface area contributed by atoms with E-state index < -0.39 is 0 Å². The van der Waals surface area contributed by atoms with Crippen LogP contribution in [-0.2, 0) is 6.42 Å². The second-order valence-electron chi connectivity index (χ2n) is 9.74. The van der Waals surface area contributed by atoms with E-state index in [1.54, 1.807) is 6.20 Å². The number of benzene rings is 1. The molecular formula is C27H37N3O3. The van der Waals surface area contributed by atoms with E-state index in [1.165, 1.54) is 19.3 Å². The molecule has 0 bridgehead atoms. The first-order chi connectivity index (χ1) is 16.0. The number of hydrogen-bond acceptors (Lipinski definition) is 4. The van der Waals surface area contributed by atoms with Crippen molar-refractivity contribution in [1.82, 2.24) is 10.3 Å². The number of ketones is 1. The molecule has 2 aromatic rings. The maximum Gasteiger partial charge on any atom is 0.257 e. The van der Waals surface area contributed by atoms with Crippen LogP contribution in [0, 0.1) is 11.8 Å². The van der Waals surface area contributed by atoms with Crippen molar-refractivity contribution in [3.05, 3.63) is 47.3 Å². The fraction of sp³-hybridized carbons (Fsp3) is 0.556. The summed E-state index contributed by atoms with van der Waals surface area (Å²) >= 11 is 0. The number of hydrogen-bond donors (Lipinski definition) is 3. The predicted octanol–water partition coefficient (Wildman–Crippen LogP) is 5.36. The van der Waals surface area contributed by atoms with Gasteiger partial charge in [-0.25, -0.2) is 0 Å². The van der Waals surface area contributed by atoms with Crippen molar-refractivity contribution in [3.8, 4) is 5.75 Å². The van der Waals surface area contributed by atoms with Crippen LogP contribution in [0.5, 0.6) is 5.75 Å². The van der Waals surface area contributed by atoms with Crippen LogP contribution in [0.2, 0.25) is 0 Å². The zero-order chi connectivity index (χ0) is 23.2. The first kappa shape index (κ1) is 23.6. The quantitative estimate of drug-likeness (QED) is 0.373. The van der Waals surface area contributed by atoms with Gasteiger partial charge in [-0.2, -0.15) is 0 Å². The maximum absolute atomic E-state index is 12.9. The summed E-state index contributed by atoms with van der Waals surface area (Å²) < 4.78 is 5.93. The van der Waals surface area contributed by atoms with Gasteiger partial charge in [0.25, 0.3) is 5.91 Å². The van der Waals surface area contributed by atoms with Crippen LogP contribution in [0.1, 0.15) is 85.2 Å². The summed E-state index contributed by atoms with van der Waals surface area (Å²) in [6, 6.07) is 8.06. The number of amides is 1. The highest BCUT2D eigenvalue weighted by atomic mass is 16.5. The van der Waals surface area contributed by atoms with Crippen LogP contribution in [0.4, 0.5) is 5.69 Å². The first-order valence-electron chi connectivity index (χ1n) is 12.5. The lowest BCUT2D eigenvalue weighted by Gasteiger charge is -2.35. The molecule has 6 heteroatoms. The Labute approximate surface area is 196 Å². The number of fused-ring (bicyclic) bond motifs is 1. The Morgan fingerprint density at radius 3 is 2.73 bits per heavy atom. The molecule has 6 nitrogen and oxygen atoms in total. The van der Waals surface area contributed by atoms with E-state index >= 15 is 0 Å². The van der Waals surface area contributed by atoms with E-state index in [0.29, 0.717) is 35.9 Å². The topological polar surface area (TPSA) is 83.2 Å². The number of rotatable bonds is 8. The second kappa shape index (κ2) is 11.0. The van der Waals surface area contributed by atoms with Gasteiger partial charge in [-0.3, -0.25) is 9.59 Å². The average Bonchev–Trinajstić information content (AvgIpc) is 3.14. The Bertz CT molecular complexity index is 957. The van der Waals surface area contributed by atoms with Crippen LogP contribution in [0.15, 0.2) is 30.5 Å². The molecule has 1 heterocycles. The van der Waals surface area contributed by atoms with Crippen molar-refractivity contribution in [2.45, 2.75) is 71.3 Å². The van der Waals surface area contributed by atoms with Gasteiger partial charge in [0, 0.05) is 36.1 Å². The Balaban J connectivity index is 1.27. The third-order valence-corrected chi connectivity index (χ3v) is 7.17. The predicted molar refractivity (Wildman–Crippen MR) is 131 cm³/mol. The highest BCUT2D eigenvalue weighted by Gasteiger charge is 2.27. The van der Waals surface area contributed by atoms with Crippen LogP contribution < -0.4 is 15.4 Å². The van der Waals surface area contributed by atoms with Crippen LogP contribution in [-0.4, -0.2) is 35.9 Å². The molecule has 1 aromatic carbocycles. The molecule has 2 unspecified atom stereocenters. The normalized spacial score (nSPS) is 23.0. The van der Waals surface area contributed by atoms with Crippen molar-refractivity contribution in [3.63, 3.8) is 0 Å². The van der Waals surface area contributed by atoms with Gasteiger partial charge in [0.2, 0.25) is 0 Å². The van der Waals surface area contributed by atoms with E-state index in [4.69, 9.17) is 4.74 Å². The average molecular weight is 452 g/mol. The number of aryl methyl sites for hydroxylation is 1. The number of carbonyl (C=O) groups is 2. The monoisotopic (exact) mass is 451 g/mol. The smallest absolute Gasteiger partial charge is 0.257 e. The van der Waals surface area contributed by atoms with E-state index in [9.17, 15) is 9.59 Å². The second-order valence-corrected chi connectivity index (χ2v) is 9.74. The third-order valence-electron chi connectivity index (χ3n) is 7.17. The molecular weight excluding hydrogens is 414 g/mol. The Morgan fingerprint density at radius 2 is 1.91 bits per heavy atom. The molecule has 1 aromatic heterocycles. The lowest BCUT2D eigenvalue weighted by molar-refractivity contribution is 0.0965. The lowest BCUT2D eigenvalue weighted by Crippen LogP contribution is -2.43. The largest absolute Gasteiger partial charge is 0.493 e. The van der Waals surface area contributed by atoms with Crippen molar-refractivity contribution >= 4 is 17.4 Å². The SMILES string of the molecule is CC1CCCC(C)C1NCCCOc1cccc(NC(=O)c2c[nH]c3c2C(=O)CCCC3)c1. The summed E-state index contributed by atoms with van der Waals surface area (Å²) in [5.41, 5.74) is 2.54. The molecule has 1 saturated carbocycles. The number of aromatic amines is 1. The molecule has 0 saturated heterocycles. The van der Waals surface area contributed by atoms with E-state index in [-0.39, 0.29) is 11.7 Å². The number of ether oxygens (including phenoxy) is 1. The standard InChI is InChI=1S/C27H37N3O3/c1-18-8-5-9-19(2)26(18)28-14-7-15-33-21-11-6-10-20(16-21)30-27(32)22-17-29-23-12-3-4-13-24(31)25(22)23/h6,10-11,16-19,26,28-29H,3-5,7-9,12-15H2,1-2H3,(H,30,32). The molecule has 3 N–H and O–H groups in total. The Kier molecular flexibility index (Phi) is 7.86. The van der Waals surface area contributed by atoms with Gasteiger partial charge in [0.1, 0.15) is 5.75 Å². The molecule has 4 rings (SSSR count). The number of H-pyrrole nitrogens is 1. The molecule has 33 heavy (non-hydrogen) atoms. The molecule has 178 valence electrons. The molecule has 0 aliphatic heterocycles. The van der Waals surface area contributed by atoms with Crippen molar-refractivity contribution in [2.75, 3.05) is 18.5 Å². The van der Waals surface area contributed by atoms with E-state index in [2.05, 4.69) is 29.5 Å². The van der Waals surface area contributed by atoms with Crippen LogP contribution in [0.25, 0.3) is 0 Å². The van der Waals surface area contributed by atoms with Gasteiger partial charge in [-0.05, 0) is 69.0 Å². The fourth-order valence-corrected chi connectivity index (χ4v) is 5.35. The summed E-state index contributed by atoms with van der Waals surface area (Å²) in [6.07, 6.45) is 9.72. The third kappa shape index (κ3) is 5.85. The highest BCUT2D eigenvalue weighted by Crippen LogP contribution is 2.29. The highest BCUT2D eigenvalue weighted by molar-refractivity contribution is 6.13. The number of Topliss-reactive ketones (excluding diaryl/α,β-unsaturated/α-hetero) is 1. The van der Waals surface area contributed by atoms with Gasteiger partial charge in [-0.15, -0.1) is 0 Å². The summed E-state index contributed by atoms with van der Waals surface area (Å²) in [4.78, 5) is 28.5. The van der Waals surface area contributed by atoms with Gasteiger partial charge in [0.05, 0.1) is 17.7 Å². The summed E-state index contributed by atoms with van der Waals surface area (Å²) in [7, 11) is 0. The number of aromatic nitrogens is 1. The molecule has 1 fully saturated rings.